The number of aromatic amines is 1. The minimum absolute atomic E-state index is 0.698. The average Bonchev–Trinajstić information content (AvgIpc) is 2.92. The number of rotatable bonds is 5. The highest BCUT2D eigenvalue weighted by Gasteiger charge is 2.14. The van der Waals surface area contributed by atoms with Crippen molar-refractivity contribution in [2.24, 2.45) is 0 Å². The smallest absolute Gasteiger partial charge is 0.195 e. The van der Waals surface area contributed by atoms with Gasteiger partial charge in [-0.05, 0) is 25.1 Å². The Balaban J connectivity index is 2.42. The zero-order valence-corrected chi connectivity index (χ0v) is 11.7. The lowest BCUT2D eigenvalue weighted by atomic mass is 10.3. The van der Waals surface area contributed by atoms with Gasteiger partial charge in [0.05, 0.1) is 16.1 Å². The van der Waals surface area contributed by atoms with Crippen LogP contribution in [0.25, 0.3) is 10.7 Å². The first-order valence-electron chi connectivity index (χ1n) is 5.85. The summed E-state index contributed by atoms with van der Waals surface area (Å²) < 4.78 is 2.77. The Morgan fingerprint density at radius 3 is 3.00 bits per heavy atom. The van der Waals surface area contributed by atoms with Crippen LogP contribution < -0.4 is 0 Å². The Hall–Kier alpha value is -1.01. The van der Waals surface area contributed by atoms with Gasteiger partial charge in [-0.1, -0.05) is 20.3 Å². The summed E-state index contributed by atoms with van der Waals surface area (Å²) in [5.74, 6) is 0.933. The first kappa shape index (κ1) is 12.4. The third-order valence-electron chi connectivity index (χ3n) is 2.67. The van der Waals surface area contributed by atoms with E-state index in [2.05, 4.69) is 33.6 Å². The predicted molar refractivity (Wildman–Crippen MR) is 72.8 cm³/mol. The van der Waals surface area contributed by atoms with E-state index in [0.717, 1.165) is 42.2 Å². The molecule has 0 bridgehead atoms. The quantitative estimate of drug-likeness (QED) is 0.845. The van der Waals surface area contributed by atoms with Crippen molar-refractivity contribution in [3.8, 4) is 10.7 Å². The van der Waals surface area contributed by atoms with Gasteiger partial charge in [0.1, 0.15) is 0 Å². The molecule has 4 nitrogen and oxygen atoms in total. The summed E-state index contributed by atoms with van der Waals surface area (Å²) in [6.45, 7) is 5.20. The van der Waals surface area contributed by atoms with Crippen LogP contribution in [0.4, 0.5) is 0 Å². The SMILES string of the molecule is CCCCn1c(-c2scnc2CC)n[nH]c1=S. The first-order valence-corrected chi connectivity index (χ1v) is 7.14. The number of aryl methyl sites for hydroxylation is 1. The van der Waals surface area contributed by atoms with Crippen LogP contribution in [0.5, 0.6) is 0 Å². The number of nitrogens with zero attached hydrogens (tertiary/aromatic N) is 3. The molecule has 0 unspecified atom stereocenters. The second kappa shape index (κ2) is 5.55. The van der Waals surface area contributed by atoms with Crippen LogP contribution in [0.2, 0.25) is 0 Å². The highest BCUT2D eigenvalue weighted by atomic mass is 32.1. The maximum atomic E-state index is 5.27. The van der Waals surface area contributed by atoms with Crippen molar-refractivity contribution < 1.29 is 0 Å². The van der Waals surface area contributed by atoms with E-state index in [4.69, 9.17) is 12.2 Å². The molecule has 92 valence electrons. The molecule has 1 N–H and O–H groups in total. The number of nitrogens with one attached hydrogen (secondary N) is 1. The van der Waals surface area contributed by atoms with Crippen molar-refractivity contribution in [2.45, 2.75) is 39.7 Å². The summed E-state index contributed by atoms with van der Waals surface area (Å²) in [5.41, 5.74) is 2.97. The van der Waals surface area contributed by atoms with Crippen LogP contribution in [-0.2, 0) is 13.0 Å². The summed E-state index contributed by atoms with van der Waals surface area (Å²) in [5, 5.41) is 7.22. The Bertz CT molecular complexity index is 538. The third kappa shape index (κ3) is 2.47. The normalized spacial score (nSPS) is 10.9. The number of aromatic nitrogens is 4. The van der Waals surface area contributed by atoms with Gasteiger partial charge in [-0.15, -0.1) is 11.3 Å². The van der Waals surface area contributed by atoms with Gasteiger partial charge in [0.25, 0.3) is 0 Å². The molecule has 2 aromatic heterocycles. The van der Waals surface area contributed by atoms with Crippen LogP contribution in [0.3, 0.4) is 0 Å². The number of hydrogen-bond acceptors (Lipinski definition) is 4. The molecule has 0 aliphatic heterocycles. The lowest BCUT2D eigenvalue weighted by Gasteiger charge is -2.04. The van der Waals surface area contributed by atoms with E-state index in [-0.39, 0.29) is 0 Å². The van der Waals surface area contributed by atoms with Crippen molar-refractivity contribution in [2.75, 3.05) is 0 Å². The molecule has 17 heavy (non-hydrogen) atoms. The first-order chi connectivity index (χ1) is 8.27. The van der Waals surface area contributed by atoms with Gasteiger partial charge in [0.2, 0.25) is 0 Å². The molecule has 2 aromatic rings. The molecule has 2 heterocycles. The van der Waals surface area contributed by atoms with E-state index >= 15 is 0 Å². The number of thiazole rings is 1. The summed E-state index contributed by atoms with van der Waals surface area (Å²) in [6.07, 6.45) is 3.18. The fourth-order valence-electron chi connectivity index (χ4n) is 1.72. The maximum absolute atomic E-state index is 5.27. The third-order valence-corrected chi connectivity index (χ3v) is 3.85. The molecule has 0 saturated heterocycles. The van der Waals surface area contributed by atoms with Crippen LogP contribution >= 0.6 is 23.6 Å². The maximum Gasteiger partial charge on any atom is 0.195 e. The Morgan fingerprint density at radius 2 is 2.29 bits per heavy atom. The second-order valence-electron chi connectivity index (χ2n) is 3.84. The minimum atomic E-state index is 0.698. The van der Waals surface area contributed by atoms with Crippen LogP contribution in [0.15, 0.2) is 5.51 Å². The second-order valence-corrected chi connectivity index (χ2v) is 5.08. The van der Waals surface area contributed by atoms with Crippen LogP contribution in [0, 0.1) is 4.77 Å². The van der Waals surface area contributed by atoms with Crippen molar-refractivity contribution in [3.05, 3.63) is 16.0 Å². The number of hydrogen-bond donors (Lipinski definition) is 1. The van der Waals surface area contributed by atoms with E-state index in [1.807, 2.05) is 5.51 Å². The van der Waals surface area contributed by atoms with Crippen LogP contribution in [-0.4, -0.2) is 19.7 Å². The van der Waals surface area contributed by atoms with E-state index in [9.17, 15) is 0 Å². The van der Waals surface area contributed by atoms with E-state index in [1.54, 1.807) is 11.3 Å². The predicted octanol–water partition coefficient (Wildman–Crippen LogP) is 3.43. The Morgan fingerprint density at radius 1 is 1.47 bits per heavy atom. The van der Waals surface area contributed by atoms with Gasteiger partial charge in [0.15, 0.2) is 10.6 Å². The average molecular weight is 268 g/mol. The highest BCUT2D eigenvalue weighted by Crippen LogP contribution is 2.26. The van der Waals surface area contributed by atoms with Gasteiger partial charge < -0.3 is 0 Å². The molecular weight excluding hydrogens is 252 g/mol. The zero-order chi connectivity index (χ0) is 12.3. The molecule has 0 aliphatic carbocycles. The van der Waals surface area contributed by atoms with E-state index in [0.29, 0.717) is 4.77 Å². The van der Waals surface area contributed by atoms with Gasteiger partial charge in [-0.3, -0.25) is 9.67 Å². The lowest BCUT2D eigenvalue weighted by Crippen LogP contribution is -2.01. The highest BCUT2D eigenvalue weighted by molar-refractivity contribution is 7.71. The fraction of sp³-hybridized carbons (Fsp3) is 0.545. The zero-order valence-electron chi connectivity index (χ0n) is 10.1. The number of H-pyrrole nitrogens is 1. The number of unbranched alkanes of at least 4 members (excludes halogenated alkanes) is 1. The molecule has 6 heteroatoms. The molecule has 0 saturated carbocycles. The van der Waals surface area contributed by atoms with Gasteiger partial charge >= 0.3 is 0 Å². The molecule has 0 fully saturated rings. The fourth-order valence-corrected chi connectivity index (χ4v) is 2.82. The molecule has 0 spiro atoms. The summed E-state index contributed by atoms with van der Waals surface area (Å²) >= 11 is 6.90. The molecule has 0 radical (unpaired) electrons. The molecule has 0 atom stereocenters. The molecular formula is C11H16N4S2. The largest absolute Gasteiger partial charge is 0.299 e. The van der Waals surface area contributed by atoms with Crippen LogP contribution in [0.1, 0.15) is 32.4 Å². The van der Waals surface area contributed by atoms with Crippen molar-refractivity contribution in [3.63, 3.8) is 0 Å². The van der Waals surface area contributed by atoms with Crippen molar-refractivity contribution in [1.82, 2.24) is 19.7 Å². The summed E-state index contributed by atoms with van der Waals surface area (Å²) in [7, 11) is 0. The lowest BCUT2D eigenvalue weighted by molar-refractivity contribution is 0.629. The van der Waals surface area contributed by atoms with Gasteiger partial charge in [-0.25, -0.2) is 4.98 Å². The molecule has 0 aromatic carbocycles. The van der Waals surface area contributed by atoms with E-state index < -0.39 is 0 Å². The summed E-state index contributed by atoms with van der Waals surface area (Å²) in [4.78, 5) is 5.49. The van der Waals surface area contributed by atoms with E-state index in [1.165, 1.54) is 0 Å². The molecule has 0 aliphatic rings. The standard InChI is InChI=1S/C11H16N4S2/c1-3-5-6-15-10(13-14-11(15)16)9-8(4-2)12-7-17-9/h7H,3-6H2,1-2H3,(H,14,16). The Kier molecular flexibility index (Phi) is 4.06. The van der Waals surface area contributed by atoms with Gasteiger partial charge in [0, 0.05) is 6.54 Å². The van der Waals surface area contributed by atoms with Crippen molar-refractivity contribution in [1.29, 1.82) is 0 Å². The topological polar surface area (TPSA) is 46.5 Å². The monoisotopic (exact) mass is 268 g/mol. The summed E-state index contributed by atoms with van der Waals surface area (Å²) in [6, 6.07) is 0. The molecule has 0 amide bonds. The minimum Gasteiger partial charge on any atom is -0.299 e. The van der Waals surface area contributed by atoms with Gasteiger partial charge in [-0.2, -0.15) is 5.10 Å². The van der Waals surface area contributed by atoms with Crippen molar-refractivity contribution >= 4 is 23.6 Å². The Labute approximate surface area is 110 Å². The molecule has 2 rings (SSSR count).